The van der Waals surface area contributed by atoms with Crippen molar-refractivity contribution in [3.63, 3.8) is 0 Å². The molecule has 0 heterocycles. The average molecular weight is 217 g/mol. The summed E-state index contributed by atoms with van der Waals surface area (Å²) in [4.78, 5) is 11.2. The van der Waals surface area contributed by atoms with Crippen LogP contribution in [-0.2, 0) is 9.53 Å². The van der Waals surface area contributed by atoms with Gasteiger partial charge in [0.2, 0.25) is 5.91 Å². The molecule has 0 aliphatic heterocycles. The van der Waals surface area contributed by atoms with Gasteiger partial charge < -0.3 is 15.2 Å². The molecule has 0 aliphatic rings. The minimum absolute atomic E-state index is 0.0928. The van der Waals surface area contributed by atoms with Gasteiger partial charge in [0, 0.05) is 33.3 Å². The minimum Gasteiger partial charge on any atom is -0.396 e. The third kappa shape index (κ3) is 11.3. The highest BCUT2D eigenvalue weighted by atomic mass is 16.5. The van der Waals surface area contributed by atoms with Gasteiger partial charge >= 0.3 is 0 Å². The van der Waals surface area contributed by atoms with Gasteiger partial charge in [-0.05, 0) is 32.1 Å². The van der Waals surface area contributed by atoms with Gasteiger partial charge in [-0.1, -0.05) is 0 Å². The molecule has 0 radical (unpaired) electrons. The molecular formula is C11H23NO3. The van der Waals surface area contributed by atoms with Gasteiger partial charge in [0.1, 0.15) is 0 Å². The molecule has 0 saturated carbocycles. The van der Waals surface area contributed by atoms with E-state index in [2.05, 4.69) is 5.32 Å². The number of nitrogens with one attached hydrogen (secondary N) is 1. The predicted octanol–water partition coefficient (Wildman–Crippen LogP) is 1.08. The Morgan fingerprint density at radius 3 is 2.67 bits per heavy atom. The molecule has 0 unspecified atom stereocenters. The van der Waals surface area contributed by atoms with E-state index < -0.39 is 0 Å². The summed E-state index contributed by atoms with van der Waals surface area (Å²) in [5.74, 6) is 0.0928. The van der Waals surface area contributed by atoms with Gasteiger partial charge in [-0.15, -0.1) is 0 Å². The Hall–Kier alpha value is -0.610. The molecule has 1 amide bonds. The lowest BCUT2D eigenvalue weighted by Crippen LogP contribution is -2.24. The third-order valence-electron chi connectivity index (χ3n) is 2.16. The first kappa shape index (κ1) is 14.4. The zero-order valence-electron chi connectivity index (χ0n) is 9.63. The molecule has 0 rings (SSSR count). The molecule has 0 bridgehead atoms. The highest BCUT2D eigenvalue weighted by Gasteiger charge is 1.99. The first-order valence-corrected chi connectivity index (χ1v) is 5.67. The summed E-state index contributed by atoms with van der Waals surface area (Å²) < 4.78 is 4.92. The lowest BCUT2D eigenvalue weighted by Gasteiger charge is -2.04. The molecule has 90 valence electrons. The van der Waals surface area contributed by atoms with Crippen LogP contribution in [0.5, 0.6) is 0 Å². The van der Waals surface area contributed by atoms with E-state index in [1.165, 1.54) is 0 Å². The average Bonchev–Trinajstić information content (AvgIpc) is 2.23. The Kier molecular flexibility index (Phi) is 11.0. The fourth-order valence-electron chi connectivity index (χ4n) is 1.26. The molecule has 2 N–H and O–H groups in total. The fourth-order valence-corrected chi connectivity index (χ4v) is 1.26. The van der Waals surface area contributed by atoms with E-state index in [-0.39, 0.29) is 12.5 Å². The molecule has 15 heavy (non-hydrogen) atoms. The predicted molar refractivity (Wildman–Crippen MR) is 59.7 cm³/mol. The summed E-state index contributed by atoms with van der Waals surface area (Å²) >= 11 is 0. The van der Waals surface area contributed by atoms with Crippen LogP contribution < -0.4 is 5.32 Å². The molecule has 0 fully saturated rings. The van der Waals surface area contributed by atoms with Crippen LogP contribution in [0.1, 0.15) is 38.5 Å². The van der Waals surface area contributed by atoms with Crippen molar-refractivity contribution in [1.29, 1.82) is 0 Å². The molecule has 0 atom stereocenters. The fraction of sp³-hybridized carbons (Fsp3) is 0.909. The number of hydrogen-bond acceptors (Lipinski definition) is 3. The van der Waals surface area contributed by atoms with E-state index in [1.807, 2.05) is 0 Å². The van der Waals surface area contributed by atoms with Gasteiger partial charge in [0.15, 0.2) is 0 Å². The maximum Gasteiger partial charge on any atom is 0.219 e. The Morgan fingerprint density at radius 2 is 2.00 bits per heavy atom. The van der Waals surface area contributed by atoms with Gasteiger partial charge in [0.25, 0.3) is 0 Å². The van der Waals surface area contributed by atoms with Gasteiger partial charge in [-0.3, -0.25) is 4.79 Å². The van der Waals surface area contributed by atoms with Crippen LogP contribution in [0.15, 0.2) is 0 Å². The number of unbranched alkanes of at least 4 members (excludes halogenated alkanes) is 3. The van der Waals surface area contributed by atoms with Crippen LogP contribution in [0.3, 0.4) is 0 Å². The van der Waals surface area contributed by atoms with Gasteiger partial charge in [0.05, 0.1) is 0 Å². The quantitative estimate of drug-likeness (QED) is 0.538. The standard InChI is InChI=1S/C11H23NO3/c1-15-10-6-2-4-8-12-11(14)7-3-5-9-13/h13H,2-10H2,1H3,(H,12,14). The van der Waals surface area contributed by atoms with Crippen molar-refractivity contribution in [3.8, 4) is 0 Å². The molecular weight excluding hydrogens is 194 g/mol. The molecule has 0 saturated heterocycles. The van der Waals surface area contributed by atoms with Gasteiger partial charge in [-0.25, -0.2) is 0 Å². The van der Waals surface area contributed by atoms with E-state index in [0.29, 0.717) is 12.8 Å². The number of ether oxygens (including phenoxy) is 1. The number of aliphatic hydroxyl groups excluding tert-OH is 1. The topological polar surface area (TPSA) is 58.6 Å². The number of carbonyl (C=O) groups is 1. The SMILES string of the molecule is COCCCCCNC(=O)CCCCO. The van der Waals surface area contributed by atoms with E-state index in [0.717, 1.165) is 38.8 Å². The summed E-state index contributed by atoms with van der Waals surface area (Å²) in [7, 11) is 1.70. The maximum atomic E-state index is 11.2. The van der Waals surface area contributed by atoms with E-state index in [9.17, 15) is 4.79 Å². The summed E-state index contributed by atoms with van der Waals surface area (Å²) in [5, 5.41) is 11.4. The number of amides is 1. The van der Waals surface area contributed by atoms with Crippen molar-refractivity contribution in [2.24, 2.45) is 0 Å². The summed E-state index contributed by atoms with van der Waals surface area (Å²) in [6, 6.07) is 0. The Morgan fingerprint density at radius 1 is 1.20 bits per heavy atom. The monoisotopic (exact) mass is 217 g/mol. The molecule has 4 heteroatoms. The highest BCUT2D eigenvalue weighted by Crippen LogP contribution is 1.96. The van der Waals surface area contributed by atoms with Crippen molar-refractivity contribution < 1.29 is 14.6 Å². The van der Waals surface area contributed by atoms with Crippen molar-refractivity contribution >= 4 is 5.91 Å². The number of carbonyl (C=O) groups excluding carboxylic acids is 1. The van der Waals surface area contributed by atoms with Crippen molar-refractivity contribution in [1.82, 2.24) is 5.32 Å². The van der Waals surface area contributed by atoms with Crippen LogP contribution in [0, 0.1) is 0 Å². The number of aliphatic hydroxyl groups is 1. The number of methoxy groups -OCH3 is 1. The number of rotatable bonds is 10. The Bertz CT molecular complexity index is 151. The largest absolute Gasteiger partial charge is 0.396 e. The second-order valence-corrected chi connectivity index (χ2v) is 3.58. The normalized spacial score (nSPS) is 10.3. The van der Waals surface area contributed by atoms with Gasteiger partial charge in [-0.2, -0.15) is 0 Å². The summed E-state index contributed by atoms with van der Waals surface area (Å²) in [6.45, 7) is 1.72. The van der Waals surface area contributed by atoms with E-state index in [1.54, 1.807) is 7.11 Å². The van der Waals surface area contributed by atoms with Crippen LogP contribution in [0.4, 0.5) is 0 Å². The molecule has 4 nitrogen and oxygen atoms in total. The second-order valence-electron chi connectivity index (χ2n) is 3.58. The zero-order chi connectivity index (χ0) is 11.4. The molecule has 0 aliphatic carbocycles. The summed E-state index contributed by atoms with van der Waals surface area (Å²) in [5.41, 5.74) is 0. The van der Waals surface area contributed by atoms with Crippen molar-refractivity contribution in [2.75, 3.05) is 26.9 Å². The van der Waals surface area contributed by atoms with E-state index in [4.69, 9.17) is 9.84 Å². The first-order valence-electron chi connectivity index (χ1n) is 5.67. The molecule has 0 spiro atoms. The van der Waals surface area contributed by atoms with Crippen LogP contribution >= 0.6 is 0 Å². The minimum atomic E-state index is 0.0928. The molecule has 0 aromatic carbocycles. The van der Waals surface area contributed by atoms with Crippen molar-refractivity contribution in [2.45, 2.75) is 38.5 Å². The number of hydrogen-bond donors (Lipinski definition) is 2. The smallest absolute Gasteiger partial charge is 0.219 e. The lowest BCUT2D eigenvalue weighted by molar-refractivity contribution is -0.121. The maximum absolute atomic E-state index is 11.2. The highest BCUT2D eigenvalue weighted by molar-refractivity contribution is 5.75. The van der Waals surface area contributed by atoms with Crippen molar-refractivity contribution in [3.05, 3.63) is 0 Å². The molecule has 0 aromatic heterocycles. The first-order chi connectivity index (χ1) is 7.31. The van der Waals surface area contributed by atoms with Crippen LogP contribution in [0.2, 0.25) is 0 Å². The lowest BCUT2D eigenvalue weighted by atomic mass is 10.2. The zero-order valence-corrected chi connectivity index (χ0v) is 9.63. The molecule has 0 aromatic rings. The van der Waals surface area contributed by atoms with Crippen LogP contribution in [-0.4, -0.2) is 37.9 Å². The second kappa shape index (κ2) is 11.5. The van der Waals surface area contributed by atoms with E-state index >= 15 is 0 Å². The summed E-state index contributed by atoms with van der Waals surface area (Å²) in [6.07, 6.45) is 5.16. The third-order valence-corrected chi connectivity index (χ3v) is 2.16. The van der Waals surface area contributed by atoms with Crippen LogP contribution in [0.25, 0.3) is 0 Å². The Labute approximate surface area is 92.0 Å². The Balaban J connectivity index is 3.10.